The number of likely N-dealkylation sites (tertiary alicyclic amines) is 1. The summed E-state index contributed by atoms with van der Waals surface area (Å²) in [6.07, 6.45) is -4.52. The monoisotopic (exact) mass is 681 g/mol. The molecule has 1 aliphatic rings. The number of aliphatic imine (C=N–C) groups is 1. The lowest BCUT2D eigenvalue weighted by molar-refractivity contribution is -0.141. The number of fused-ring (bicyclic) bond motifs is 1. The third kappa shape index (κ3) is 10.3. The molecular formula is C31H42F3N7O7. The number of nitrogens with zero attached hydrogens (tertiary/aromatic N) is 2. The van der Waals surface area contributed by atoms with Crippen molar-refractivity contribution in [3.05, 3.63) is 40.2 Å². The Hall–Kier alpha value is -4.83. The zero-order valence-electron chi connectivity index (χ0n) is 27.4. The SMILES string of the molecule is CC(C)[C@H](NC(=O)OC(C)(C)C)C(=O)N1CCC[C@H]1C(=O)N[C@@H](CCCN=C(N)N)C(=O)Nc1ccc2c(C(F)(F)F)cc(=O)oc2c1. The first-order valence-corrected chi connectivity index (χ1v) is 15.4. The van der Waals surface area contributed by atoms with Crippen LogP contribution >= 0.6 is 0 Å². The average molecular weight is 682 g/mol. The molecule has 0 bridgehead atoms. The van der Waals surface area contributed by atoms with E-state index >= 15 is 0 Å². The van der Waals surface area contributed by atoms with Crippen LogP contribution in [0.15, 0.2) is 38.5 Å². The van der Waals surface area contributed by atoms with Gasteiger partial charge in [-0.25, -0.2) is 9.59 Å². The molecule has 48 heavy (non-hydrogen) atoms. The maximum absolute atomic E-state index is 13.6. The number of rotatable bonds is 11. The molecule has 1 saturated heterocycles. The maximum Gasteiger partial charge on any atom is 0.417 e. The highest BCUT2D eigenvalue weighted by molar-refractivity contribution is 6.00. The van der Waals surface area contributed by atoms with E-state index in [1.54, 1.807) is 34.6 Å². The molecule has 0 saturated carbocycles. The first-order chi connectivity index (χ1) is 22.3. The predicted molar refractivity (Wildman–Crippen MR) is 171 cm³/mol. The molecule has 0 radical (unpaired) electrons. The highest BCUT2D eigenvalue weighted by Crippen LogP contribution is 2.34. The fourth-order valence-electron chi connectivity index (χ4n) is 5.17. The topological polar surface area (TPSA) is 211 Å². The number of nitrogens with one attached hydrogen (secondary N) is 3. The van der Waals surface area contributed by atoms with Gasteiger partial charge in [0.05, 0.1) is 5.56 Å². The van der Waals surface area contributed by atoms with Gasteiger partial charge >= 0.3 is 17.9 Å². The minimum atomic E-state index is -4.82. The summed E-state index contributed by atoms with van der Waals surface area (Å²) in [6.45, 7) is 8.90. The molecule has 7 N–H and O–H groups in total. The summed E-state index contributed by atoms with van der Waals surface area (Å²) in [4.78, 5) is 70.2. The van der Waals surface area contributed by atoms with E-state index in [-0.39, 0.29) is 48.9 Å². The number of anilines is 1. The Morgan fingerprint density at radius 2 is 1.79 bits per heavy atom. The number of hydrogen-bond acceptors (Lipinski definition) is 8. The van der Waals surface area contributed by atoms with Gasteiger partial charge in [-0.1, -0.05) is 13.8 Å². The van der Waals surface area contributed by atoms with Crippen molar-refractivity contribution < 1.29 is 41.5 Å². The molecule has 1 fully saturated rings. The quantitative estimate of drug-likeness (QED) is 0.102. The lowest BCUT2D eigenvalue weighted by Crippen LogP contribution is -2.57. The van der Waals surface area contributed by atoms with Crippen molar-refractivity contribution in [3.8, 4) is 0 Å². The molecule has 0 spiro atoms. The van der Waals surface area contributed by atoms with E-state index in [1.165, 1.54) is 11.0 Å². The van der Waals surface area contributed by atoms with Crippen LogP contribution in [0.1, 0.15) is 65.9 Å². The Labute approximate surface area is 274 Å². The molecule has 3 atom stereocenters. The van der Waals surface area contributed by atoms with Gasteiger partial charge in [0.15, 0.2) is 5.96 Å². The van der Waals surface area contributed by atoms with E-state index in [0.29, 0.717) is 18.9 Å². The van der Waals surface area contributed by atoms with E-state index < -0.39 is 70.5 Å². The van der Waals surface area contributed by atoms with Crippen LogP contribution in [0.4, 0.5) is 23.7 Å². The summed E-state index contributed by atoms with van der Waals surface area (Å²) in [7, 11) is 0. The second kappa shape index (κ2) is 15.4. The van der Waals surface area contributed by atoms with Crippen LogP contribution in [-0.4, -0.2) is 71.5 Å². The number of alkyl carbamates (subject to hydrolysis) is 1. The van der Waals surface area contributed by atoms with Crippen LogP contribution in [-0.2, 0) is 25.3 Å². The van der Waals surface area contributed by atoms with Crippen molar-refractivity contribution in [2.75, 3.05) is 18.4 Å². The van der Waals surface area contributed by atoms with E-state index in [2.05, 4.69) is 20.9 Å². The predicted octanol–water partition coefficient (Wildman–Crippen LogP) is 2.83. The van der Waals surface area contributed by atoms with Crippen molar-refractivity contribution in [1.29, 1.82) is 0 Å². The number of carbonyl (C=O) groups excluding carboxylic acids is 4. The van der Waals surface area contributed by atoms with Crippen molar-refractivity contribution in [3.63, 3.8) is 0 Å². The summed E-state index contributed by atoms with van der Waals surface area (Å²) in [5, 5.41) is 7.43. The second-order valence-corrected chi connectivity index (χ2v) is 12.7. The summed E-state index contributed by atoms with van der Waals surface area (Å²) < 4.78 is 50.7. The van der Waals surface area contributed by atoms with Crippen molar-refractivity contribution in [2.45, 2.75) is 90.2 Å². The Bertz CT molecular complexity index is 1600. The van der Waals surface area contributed by atoms with Gasteiger partial charge in [-0.05, 0) is 64.5 Å². The molecule has 1 aromatic heterocycles. The number of guanidine groups is 1. The Morgan fingerprint density at radius 1 is 1.10 bits per heavy atom. The zero-order valence-corrected chi connectivity index (χ0v) is 27.4. The fourth-order valence-corrected chi connectivity index (χ4v) is 5.17. The van der Waals surface area contributed by atoms with Crippen LogP contribution < -0.4 is 33.0 Å². The van der Waals surface area contributed by atoms with Crippen LogP contribution in [0.2, 0.25) is 0 Å². The van der Waals surface area contributed by atoms with Gasteiger partial charge in [0.1, 0.15) is 29.3 Å². The van der Waals surface area contributed by atoms with Crippen molar-refractivity contribution in [2.24, 2.45) is 22.4 Å². The number of amides is 4. The van der Waals surface area contributed by atoms with Gasteiger partial charge in [-0.2, -0.15) is 13.2 Å². The van der Waals surface area contributed by atoms with Crippen LogP contribution in [0.5, 0.6) is 0 Å². The number of ether oxygens (including phenoxy) is 1. The number of benzene rings is 1. The van der Waals surface area contributed by atoms with Gasteiger partial charge in [0.2, 0.25) is 17.7 Å². The molecule has 17 heteroatoms. The van der Waals surface area contributed by atoms with Crippen LogP contribution in [0.25, 0.3) is 11.0 Å². The molecule has 0 aliphatic carbocycles. The maximum atomic E-state index is 13.6. The number of alkyl halides is 3. The smallest absolute Gasteiger partial charge is 0.417 e. The minimum absolute atomic E-state index is 0.00381. The van der Waals surface area contributed by atoms with Gasteiger partial charge in [-0.3, -0.25) is 19.4 Å². The van der Waals surface area contributed by atoms with Gasteiger partial charge in [0.25, 0.3) is 0 Å². The Kier molecular flexibility index (Phi) is 12.1. The summed E-state index contributed by atoms with van der Waals surface area (Å²) in [6, 6.07) is 0.547. The Morgan fingerprint density at radius 3 is 2.40 bits per heavy atom. The molecule has 264 valence electrons. The zero-order chi connectivity index (χ0) is 36.0. The van der Waals surface area contributed by atoms with Crippen molar-refractivity contribution in [1.82, 2.24) is 15.5 Å². The standard InChI is InChI=1S/C31H42F3N7O7/c1-16(2)24(40-29(46)48-30(3,4)5)27(45)41-13-7-9-21(41)26(44)39-20(8-6-12-37-28(35)36)25(43)38-17-10-11-18-19(31(32,33)34)15-23(42)47-22(18)14-17/h10-11,14-16,20-21,24H,6-9,12-13H2,1-5H3,(H,38,43)(H,39,44)(H,40,46)(H4,35,36,37)/t20-,21-,24-/m0/s1. The summed E-state index contributed by atoms with van der Waals surface area (Å²) >= 11 is 0. The van der Waals surface area contributed by atoms with Gasteiger partial charge in [0, 0.05) is 36.3 Å². The molecule has 1 aromatic carbocycles. The third-order valence-corrected chi connectivity index (χ3v) is 7.34. The third-order valence-electron chi connectivity index (χ3n) is 7.34. The molecule has 0 unspecified atom stereocenters. The average Bonchev–Trinajstić information content (AvgIpc) is 3.45. The number of carbonyl (C=O) groups is 4. The summed E-state index contributed by atoms with van der Waals surface area (Å²) in [5.74, 6) is -2.36. The Balaban J connectivity index is 1.81. The van der Waals surface area contributed by atoms with E-state index in [4.69, 9.17) is 20.6 Å². The number of nitrogens with two attached hydrogens (primary N) is 2. The molecule has 4 amide bonds. The number of hydrogen-bond donors (Lipinski definition) is 5. The van der Waals surface area contributed by atoms with Gasteiger partial charge in [-0.15, -0.1) is 0 Å². The fraction of sp³-hybridized carbons (Fsp3) is 0.548. The molecule has 2 heterocycles. The van der Waals surface area contributed by atoms with E-state index in [1.807, 2.05) is 0 Å². The lowest BCUT2D eigenvalue weighted by atomic mass is 10.0. The minimum Gasteiger partial charge on any atom is -0.444 e. The lowest BCUT2D eigenvalue weighted by Gasteiger charge is -2.31. The van der Waals surface area contributed by atoms with Crippen LogP contribution in [0.3, 0.4) is 0 Å². The summed E-state index contributed by atoms with van der Waals surface area (Å²) in [5.41, 5.74) is 7.16. The molecule has 2 aromatic rings. The van der Waals surface area contributed by atoms with Gasteiger partial charge < -0.3 is 41.5 Å². The normalized spacial score (nSPS) is 16.3. The molecule has 3 rings (SSSR count). The molecular weight excluding hydrogens is 639 g/mol. The molecule has 1 aliphatic heterocycles. The first-order valence-electron chi connectivity index (χ1n) is 15.4. The highest BCUT2D eigenvalue weighted by Gasteiger charge is 2.40. The molecule has 14 nitrogen and oxygen atoms in total. The highest BCUT2D eigenvalue weighted by atomic mass is 19.4. The van der Waals surface area contributed by atoms with E-state index in [9.17, 15) is 37.1 Å². The number of halogens is 3. The van der Waals surface area contributed by atoms with Crippen molar-refractivity contribution >= 4 is 46.4 Å². The van der Waals surface area contributed by atoms with E-state index in [0.717, 1.165) is 12.1 Å². The second-order valence-electron chi connectivity index (χ2n) is 12.7. The first kappa shape index (κ1) is 37.6. The van der Waals surface area contributed by atoms with Crippen LogP contribution in [0, 0.1) is 5.92 Å². The largest absolute Gasteiger partial charge is 0.444 e.